The fourth-order valence-corrected chi connectivity index (χ4v) is 1.41. The predicted octanol–water partition coefficient (Wildman–Crippen LogP) is 2.33. The molecule has 0 aliphatic carbocycles. The topological polar surface area (TPSA) is 41.5 Å². The number of benzene rings is 1. The summed E-state index contributed by atoms with van der Waals surface area (Å²) in [6, 6.07) is 7.98. The van der Waals surface area contributed by atoms with Crippen LogP contribution in [0.3, 0.4) is 0 Å². The maximum atomic E-state index is 9.19. The monoisotopic (exact) mass is 237 g/mol. The third kappa shape index (κ3) is 4.75. The molecule has 0 bridgehead atoms. The first kappa shape index (κ1) is 14.0. The van der Waals surface area contributed by atoms with Gasteiger partial charge in [-0.15, -0.1) is 0 Å². The molecule has 1 aromatic carbocycles. The largest absolute Gasteiger partial charge is 0.491 e. The molecule has 0 saturated carbocycles. The van der Waals surface area contributed by atoms with Crippen LogP contribution in [0.15, 0.2) is 24.3 Å². The number of hydrogen-bond donors (Lipinski definition) is 2. The number of hydrogen-bond acceptors (Lipinski definition) is 3. The summed E-state index contributed by atoms with van der Waals surface area (Å²) in [5, 5.41) is 12.5. The van der Waals surface area contributed by atoms with Crippen LogP contribution in [0.4, 0.5) is 0 Å². The third-order valence-corrected chi connectivity index (χ3v) is 2.49. The number of aliphatic hydroxyl groups is 1. The molecule has 0 spiro atoms. The summed E-state index contributed by atoms with van der Waals surface area (Å²) in [7, 11) is 0. The van der Waals surface area contributed by atoms with Gasteiger partial charge in [-0.1, -0.05) is 18.2 Å². The minimum absolute atomic E-state index is 0.111. The van der Waals surface area contributed by atoms with E-state index in [1.165, 1.54) is 0 Å². The molecule has 0 amide bonds. The van der Waals surface area contributed by atoms with Gasteiger partial charge in [0.15, 0.2) is 0 Å². The van der Waals surface area contributed by atoms with E-state index in [2.05, 4.69) is 5.32 Å². The van der Waals surface area contributed by atoms with Crippen molar-refractivity contribution in [2.45, 2.75) is 45.9 Å². The van der Waals surface area contributed by atoms with E-state index in [4.69, 9.17) is 4.74 Å². The minimum Gasteiger partial charge on any atom is -0.491 e. The average Bonchev–Trinajstić information content (AvgIpc) is 2.27. The highest BCUT2D eigenvalue weighted by atomic mass is 16.5. The average molecular weight is 237 g/mol. The summed E-state index contributed by atoms with van der Waals surface area (Å²) in [5.74, 6) is 0.906. The van der Waals surface area contributed by atoms with Crippen molar-refractivity contribution in [3.63, 3.8) is 0 Å². The van der Waals surface area contributed by atoms with Gasteiger partial charge in [-0.05, 0) is 33.8 Å². The number of aliphatic hydroxyl groups excluding tert-OH is 1. The Labute approximate surface area is 104 Å². The van der Waals surface area contributed by atoms with E-state index >= 15 is 0 Å². The second-order valence-corrected chi connectivity index (χ2v) is 5.17. The van der Waals surface area contributed by atoms with Crippen molar-refractivity contribution >= 4 is 0 Å². The molecule has 1 aromatic rings. The summed E-state index contributed by atoms with van der Waals surface area (Å²) in [4.78, 5) is 0. The first-order chi connectivity index (χ1) is 7.94. The van der Waals surface area contributed by atoms with Crippen LogP contribution in [0.1, 0.15) is 33.3 Å². The molecule has 3 heteroatoms. The summed E-state index contributed by atoms with van der Waals surface area (Å²) in [5.41, 5.74) is 0.841. The fraction of sp³-hybridized carbons (Fsp3) is 0.571. The van der Waals surface area contributed by atoms with Gasteiger partial charge in [0.1, 0.15) is 5.75 Å². The minimum atomic E-state index is -0.273. The molecule has 2 N–H and O–H groups in total. The summed E-state index contributed by atoms with van der Waals surface area (Å²) in [6.45, 7) is 8.78. The number of ether oxygens (including phenoxy) is 1. The molecule has 0 radical (unpaired) electrons. The standard InChI is InChI=1S/C14H23NO2/c1-11(2)17-13-8-6-5-7-12(13)9-15-14(3,4)10-16/h5-8,11,15-16H,9-10H2,1-4H3. The van der Waals surface area contributed by atoms with Crippen LogP contribution < -0.4 is 10.1 Å². The lowest BCUT2D eigenvalue weighted by atomic mass is 10.1. The van der Waals surface area contributed by atoms with Gasteiger partial charge in [0.2, 0.25) is 0 Å². The molecule has 96 valence electrons. The van der Waals surface area contributed by atoms with E-state index in [1.54, 1.807) is 0 Å². The zero-order chi connectivity index (χ0) is 12.9. The quantitative estimate of drug-likeness (QED) is 0.798. The van der Waals surface area contributed by atoms with Crippen LogP contribution in [0, 0.1) is 0 Å². The van der Waals surface area contributed by atoms with Gasteiger partial charge in [-0.2, -0.15) is 0 Å². The lowest BCUT2D eigenvalue weighted by Gasteiger charge is -2.24. The lowest BCUT2D eigenvalue weighted by Crippen LogP contribution is -2.42. The zero-order valence-electron chi connectivity index (χ0n) is 11.2. The first-order valence-corrected chi connectivity index (χ1v) is 6.05. The van der Waals surface area contributed by atoms with Crippen molar-refractivity contribution in [1.82, 2.24) is 5.32 Å². The maximum absolute atomic E-state index is 9.19. The molecule has 0 heterocycles. The fourth-order valence-electron chi connectivity index (χ4n) is 1.41. The summed E-state index contributed by atoms with van der Waals surface area (Å²) in [6.07, 6.45) is 0.169. The van der Waals surface area contributed by atoms with Crippen LogP contribution in [-0.4, -0.2) is 23.4 Å². The van der Waals surface area contributed by atoms with Crippen LogP contribution in [0.2, 0.25) is 0 Å². The molecule has 0 atom stereocenters. The summed E-state index contributed by atoms with van der Waals surface area (Å²) >= 11 is 0. The van der Waals surface area contributed by atoms with E-state index in [0.717, 1.165) is 11.3 Å². The van der Waals surface area contributed by atoms with Crippen molar-refractivity contribution in [2.24, 2.45) is 0 Å². The number of nitrogens with one attached hydrogen (secondary N) is 1. The van der Waals surface area contributed by atoms with Crippen LogP contribution in [0.5, 0.6) is 5.75 Å². The molecule has 0 saturated heterocycles. The molecule has 0 aliphatic heterocycles. The van der Waals surface area contributed by atoms with Crippen molar-refractivity contribution < 1.29 is 9.84 Å². The maximum Gasteiger partial charge on any atom is 0.124 e. The molecule has 0 aromatic heterocycles. The smallest absolute Gasteiger partial charge is 0.124 e. The summed E-state index contributed by atoms with van der Waals surface area (Å²) < 4.78 is 5.74. The Morgan fingerprint density at radius 1 is 1.29 bits per heavy atom. The van der Waals surface area contributed by atoms with Gasteiger partial charge in [-0.3, -0.25) is 0 Å². The highest BCUT2D eigenvalue weighted by Crippen LogP contribution is 2.19. The lowest BCUT2D eigenvalue weighted by molar-refractivity contribution is 0.186. The molecule has 0 fully saturated rings. The van der Waals surface area contributed by atoms with Gasteiger partial charge in [-0.25, -0.2) is 0 Å². The third-order valence-electron chi connectivity index (χ3n) is 2.49. The molecule has 17 heavy (non-hydrogen) atoms. The number of para-hydroxylation sites is 1. The van der Waals surface area contributed by atoms with Crippen molar-refractivity contribution in [3.8, 4) is 5.75 Å². The molecule has 0 unspecified atom stereocenters. The van der Waals surface area contributed by atoms with Gasteiger partial charge in [0.25, 0.3) is 0 Å². The van der Waals surface area contributed by atoms with Gasteiger partial charge < -0.3 is 15.2 Å². The van der Waals surface area contributed by atoms with E-state index in [0.29, 0.717) is 6.54 Å². The molecule has 0 aliphatic rings. The zero-order valence-corrected chi connectivity index (χ0v) is 11.2. The SMILES string of the molecule is CC(C)Oc1ccccc1CNC(C)(C)CO. The predicted molar refractivity (Wildman–Crippen MR) is 70.2 cm³/mol. The van der Waals surface area contributed by atoms with Gasteiger partial charge in [0, 0.05) is 17.6 Å². The van der Waals surface area contributed by atoms with Gasteiger partial charge >= 0.3 is 0 Å². The molecular formula is C14H23NO2. The van der Waals surface area contributed by atoms with E-state index in [9.17, 15) is 5.11 Å². The first-order valence-electron chi connectivity index (χ1n) is 6.05. The Kier molecular flexibility index (Phi) is 4.97. The Morgan fingerprint density at radius 3 is 2.53 bits per heavy atom. The van der Waals surface area contributed by atoms with Crippen molar-refractivity contribution in [2.75, 3.05) is 6.61 Å². The Morgan fingerprint density at radius 2 is 1.94 bits per heavy atom. The molecular weight excluding hydrogens is 214 g/mol. The second kappa shape index (κ2) is 6.03. The van der Waals surface area contributed by atoms with Crippen LogP contribution in [0.25, 0.3) is 0 Å². The van der Waals surface area contributed by atoms with Gasteiger partial charge in [0.05, 0.1) is 12.7 Å². The highest BCUT2D eigenvalue weighted by Gasteiger charge is 2.16. The second-order valence-electron chi connectivity index (χ2n) is 5.17. The van der Waals surface area contributed by atoms with Crippen molar-refractivity contribution in [1.29, 1.82) is 0 Å². The van der Waals surface area contributed by atoms with E-state index < -0.39 is 0 Å². The van der Waals surface area contributed by atoms with Crippen LogP contribution >= 0.6 is 0 Å². The Bertz CT molecular complexity index is 348. The highest BCUT2D eigenvalue weighted by molar-refractivity contribution is 5.33. The molecule has 3 nitrogen and oxygen atoms in total. The normalized spacial score (nSPS) is 11.9. The van der Waals surface area contributed by atoms with Crippen molar-refractivity contribution in [3.05, 3.63) is 29.8 Å². The van der Waals surface area contributed by atoms with E-state index in [-0.39, 0.29) is 18.2 Å². The van der Waals surface area contributed by atoms with Crippen LogP contribution in [-0.2, 0) is 6.54 Å². The number of rotatable bonds is 6. The Balaban J connectivity index is 2.70. The molecule has 1 rings (SSSR count). The van der Waals surface area contributed by atoms with E-state index in [1.807, 2.05) is 52.0 Å². The Hall–Kier alpha value is -1.06.